The third kappa shape index (κ3) is 5.64. The van der Waals surface area contributed by atoms with Gasteiger partial charge in [0.05, 0.1) is 12.3 Å². The van der Waals surface area contributed by atoms with Gasteiger partial charge in [0.15, 0.2) is 5.96 Å². The molecule has 0 aliphatic carbocycles. The van der Waals surface area contributed by atoms with Crippen LogP contribution in [0.25, 0.3) is 0 Å². The number of hydrogen-bond donors (Lipinski definition) is 2. The van der Waals surface area contributed by atoms with E-state index in [0.717, 1.165) is 31.9 Å². The highest BCUT2D eigenvalue weighted by atomic mass is 32.2. The summed E-state index contributed by atoms with van der Waals surface area (Å²) < 4.78 is 35.0. The van der Waals surface area contributed by atoms with Crippen LogP contribution in [-0.4, -0.2) is 64.3 Å². The molecular weight excluding hydrogens is 333 g/mol. The second-order valence-corrected chi connectivity index (χ2v) is 7.29. The van der Waals surface area contributed by atoms with Crippen molar-refractivity contribution in [3.63, 3.8) is 0 Å². The van der Waals surface area contributed by atoms with Gasteiger partial charge in [0.1, 0.15) is 5.82 Å². The van der Waals surface area contributed by atoms with Gasteiger partial charge in [-0.3, -0.25) is 4.99 Å². The molecule has 0 bridgehead atoms. The molecule has 0 aromatic heterocycles. The van der Waals surface area contributed by atoms with Gasteiger partial charge >= 0.3 is 0 Å². The van der Waals surface area contributed by atoms with Crippen LogP contribution in [0.2, 0.25) is 0 Å². The number of nitrogens with one attached hydrogen (secondary N) is 1. The Morgan fingerprint density at radius 1 is 1.25 bits per heavy atom. The van der Waals surface area contributed by atoms with Crippen LogP contribution in [0, 0.1) is 5.82 Å². The van der Waals surface area contributed by atoms with Crippen LogP contribution < -0.4 is 15.4 Å². The summed E-state index contributed by atoms with van der Waals surface area (Å²) in [6.45, 7) is 5.86. The zero-order chi connectivity index (χ0) is 17.6. The number of anilines is 1. The van der Waals surface area contributed by atoms with Crippen molar-refractivity contribution in [2.45, 2.75) is 6.92 Å². The number of aliphatic imine (C=N–C) groups is 1. The van der Waals surface area contributed by atoms with Gasteiger partial charge in [0, 0.05) is 38.4 Å². The molecule has 1 fully saturated rings. The van der Waals surface area contributed by atoms with Crippen molar-refractivity contribution >= 4 is 21.7 Å². The monoisotopic (exact) mass is 357 g/mol. The lowest BCUT2D eigenvalue weighted by atomic mass is 10.2. The van der Waals surface area contributed by atoms with E-state index in [0.29, 0.717) is 12.5 Å². The highest BCUT2D eigenvalue weighted by molar-refractivity contribution is 7.89. The lowest BCUT2D eigenvalue weighted by molar-refractivity contribution is 0.373. The summed E-state index contributed by atoms with van der Waals surface area (Å²) >= 11 is 0. The molecule has 3 N–H and O–H groups in total. The fraction of sp³-hybridized carbons (Fsp3) is 0.533. The van der Waals surface area contributed by atoms with Crippen LogP contribution in [0.1, 0.15) is 6.92 Å². The van der Waals surface area contributed by atoms with Gasteiger partial charge in [-0.05, 0) is 31.2 Å². The smallest absolute Gasteiger partial charge is 0.210 e. The van der Waals surface area contributed by atoms with Crippen molar-refractivity contribution in [2.24, 2.45) is 10.1 Å². The Balaban J connectivity index is 1.94. The molecule has 0 saturated carbocycles. The third-order valence-electron chi connectivity index (χ3n) is 3.74. The standard InChI is InChI=1S/C15H24FN5O2S/c1-2-18-15(19-7-12-24(17,22)23)21-10-8-20(9-11-21)14-5-3-13(16)4-6-14/h3-6H,2,7-12H2,1H3,(H,18,19)(H2,17,22,23). The second-order valence-electron chi connectivity index (χ2n) is 5.55. The minimum Gasteiger partial charge on any atom is -0.368 e. The predicted octanol–water partition coefficient (Wildman–Crippen LogP) is 0.202. The van der Waals surface area contributed by atoms with Crippen LogP contribution in [0.15, 0.2) is 29.3 Å². The van der Waals surface area contributed by atoms with Gasteiger partial charge in [-0.15, -0.1) is 0 Å². The Morgan fingerprint density at radius 2 is 1.88 bits per heavy atom. The molecule has 2 rings (SSSR count). The van der Waals surface area contributed by atoms with E-state index in [1.54, 1.807) is 12.1 Å². The lowest BCUT2D eigenvalue weighted by Crippen LogP contribution is -2.52. The molecule has 134 valence electrons. The average Bonchev–Trinajstić information content (AvgIpc) is 2.54. The molecule has 0 atom stereocenters. The summed E-state index contributed by atoms with van der Waals surface area (Å²) in [6, 6.07) is 6.47. The second kappa shape index (κ2) is 8.29. The van der Waals surface area contributed by atoms with Crippen LogP contribution in [0.4, 0.5) is 10.1 Å². The first-order valence-electron chi connectivity index (χ1n) is 7.93. The van der Waals surface area contributed by atoms with E-state index in [4.69, 9.17) is 5.14 Å². The molecule has 24 heavy (non-hydrogen) atoms. The molecule has 1 saturated heterocycles. The first-order valence-corrected chi connectivity index (χ1v) is 9.65. The van der Waals surface area contributed by atoms with E-state index < -0.39 is 10.0 Å². The number of guanidine groups is 1. The molecule has 1 aliphatic rings. The molecule has 1 aliphatic heterocycles. The fourth-order valence-corrected chi connectivity index (χ4v) is 2.88. The molecular formula is C15H24FN5O2S. The first kappa shape index (κ1) is 18.5. The number of nitrogens with two attached hydrogens (primary N) is 1. The number of benzene rings is 1. The molecule has 0 amide bonds. The van der Waals surface area contributed by atoms with Crippen molar-refractivity contribution in [3.05, 3.63) is 30.1 Å². The maximum Gasteiger partial charge on any atom is 0.210 e. The normalized spacial score (nSPS) is 16.4. The summed E-state index contributed by atoms with van der Waals surface area (Å²) in [5.41, 5.74) is 0.993. The van der Waals surface area contributed by atoms with Crippen LogP contribution >= 0.6 is 0 Å². The van der Waals surface area contributed by atoms with Crippen molar-refractivity contribution in [2.75, 3.05) is 49.9 Å². The van der Waals surface area contributed by atoms with Crippen molar-refractivity contribution < 1.29 is 12.8 Å². The van der Waals surface area contributed by atoms with Crippen LogP contribution in [0.3, 0.4) is 0 Å². The number of halogens is 1. The Bertz CT molecular complexity index is 655. The van der Waals surface area contributed by atoms with Crippen molar-refractivity contribution in [1.29, 1.82) is 0 Å². The maximum absolute atomic E-state index is 13.0. The molecule has 9 heteroatoms. The van der Waals surface area contributed by atoms with E-state index in [-0.39, 0.29) is 18.1 Å². The Morgan fingerprint density at radius 3 is 2.42 bits per heavy atom. The van der Waals surface area contributed by atoms with Crippen LogP contribution in [-0.2, 0) is 10.0 Å². The van der Waals surface area contributed by atoms with E-state index in [1.807, 2.05) is 6.92 Å². The highest BCUT2D eigenvalue weighted by Crippen LogP contribution is 2.16. The molecule has 7 nitrogen and oxygen atoms in total. The summed E-state index contributed by atoms with van der Waals surface area (Å²) in [6.07, 6.45) is 0. The molecule has 0 spiro atoms. The minimum atomic E-state index is -3.51. The molecule has 1 aromatic rings. The van der Waals surface area contributed by atoms with Gasteiger partial charge < -0.3 is 15.1 Å². The Kier molecular flexibility index (Phi) is 6.38. The van der Waals surface area contributed by atoms with E-state index in [2.05, 4.69) is 20.1 Å². The number of hydrogen-bond acceptors (Lipinski definition) is 4. The number of piperazine rings is 1. The molecule has 1 heterocycles. The quantitative estimate of drug-likeness (QED) is 0.580. The van der Waals surface area contributed by atoms with E-state index >= 15 is 0 Å². The Labute approximate surface area is 142 Å². The SMILES string of the molecule is CCNC(=NCCS(N)(=O)=O)N1CCN(c2ccc(F)cc2)CC1. The predicted molar refractivity (Wildman–Crippen MR) is 94.1 cm³/mol. The largest absolute Gasteiger partial charge is 0.368 e. The average molecular weight is 357 g/mol. The summed E-state index contributed by atoms with van der Waals surface area (Å²) in [4.78, 5) is 8.61. The van der Waals surface area contributed by atoms with Gasteiger partial charge in [0.25, 0.3) is 0 Å². The number of primary sulfonamides is 1. The molecule has 0 unspecified atom stereocenters. The fourth-order valence-electron chi connectivity index (χ4n) is 2.53. The third-order valence-corrected chi connectivity index (χ3v) is 4.49. The van der Waals surface area contributed by atoms with Crippen molar-refractivity contribution in [3.8, 4) is 0 Å². The number of sulfonamides is 1. The molecule has 0 radical (unpaired) electrons. The first-order chi connectivity index (χ1) is 11.4. The van der Waals surface area contributed by atoms with Gasteiger partial charge in [-0.25, -0.2) is 17.9 Å². The van der Waals surface area contributed by atoms with Gasteiger partial charge in [0.2, 0.25) is 10.0 Å². The summed E-state index contributed by atoms with van der Waals surface area (Å²) in [5.74, 6) is 0.283. The van der Waals surface area contributed by atoms with E-state index in [1.165, 1.54) is 12.1 Å². The zero-order valence-corrected chi connectivity index (χ0v) is 14.6. The minimum absolute atomic E-state index is 0.138. The summed E-state index contributed by atoms with van der Waals surface area (Å²) in [7, 11) is -3.51. The van der Waals surface area contributed by atoms with Crippen molar-refractivity contribution in [1.82, 2.24) is 10.2 Å². The summed E-state index contributed by atoms with van der Waals surface area (Å²) in [5, 5.41) is 8.18. The highest BCUT2D eigenvalue weighted by Gasteiger charge is 2.20. The number of rotatable bonds is 5. The van der Waals surface area contributed by atoms with Gasteiger partial charge in [-0.2, -0.15) is 0 Å². The van der Waals surface area contributed by atoms with E-state index in [9.17, 15) is 12.8 Å². The lowest BCUT2D eigenvalue weighted by Gasteiger charge is -2.37. The van der Waals surface area contributed by atoms with Gasteiger partial charge in [-0.1, -0.05) is 0 Å². The Hall–Kier alpha value is -1.87. The number of nitrogens with zero attached hydrogens (tertiary/aromatic N) is 3. The maximum atomic E-state index is 13.0. The zero-order valence-electron chi connectivity index (χ0n) is 13.8. The molecule has 1 aromatic carbocycles. The van der Waals surface area contributed by atoms with Crippen LogP contribution in [0.5, 0.6) is 0 Å². The topological polar surface area (TPSA) is 91.0 Å².